The Morgan fingerprint density at radius 2 is 1.88 bits per heavy atom. The van der Waals surface area contributed by atoms with Crippen LogP contribution in [-0.2, 0) is 11.3 Å². The number of rotatable bonds is 5. The molecule has 1 aromatic heterocycles. The van der Waals surface area contributed by atoms with Gasteiger partial charge in [0, 0.05) is 12.2 Å². The van der Waals surface area contributed by atoms with Crippen LogP contribution >= 0.6 is 0 Å². The molecule has 0 saturated carbocycles. The standard InChI is InChI=1S/C20H23FN4O/c1-14-15(2)25(12-16-5-7-17(21)8-6-16)20(18(14)11-22)23-19(26)13-24-9-3-4-10-24/h5-8H,3-4,9-10,12-13H2,1-2H3,(H,23,26). The summed E-state index contributed by atoms with van der Waals surface area (Å²) in [6.45, 7) is 6.49. The van der Waals surface area contributed by atoms with Crippen molar-refractivity contribution in [3.05, 3.63) is 52.5 Å². The Hall–Kier alpha value is -2.65. The first kappa shape index (κ1) is 18.2. The third kappa shape index (κ3) is 3.78. The van der Waals surface area contributed by atoms with Crippen molar-refractivity contribution in [3.8, 4) is 6.07 Å². The molecule has 26 heavy (non-hydrogen) atoms. The van der Waals surface area contributed by atoms with Gasteiger partial charge in [0.1, 0.15) is 17.7 Å². The molecule has 1 aliphatic rings. The highest BCUT2D eigenvalue weighted by Gasteiger charge is 2.21. The summed E-state index contributed by atoms with van der Waals surface area (Å²) in [6.07, 6.45) is 2.24. The molecule has 136 valence electrons. The molecular formula is C20H23FN4O. The lowest BCUT2D eigenvalue weighted by Crippen LogP contribution is -2.31. The normalized spacial score (nSPS) is 14.4. The molecule has 0 spiro atoms. The maximum absolute atomic E-state index is 13.2. The summed E-state index contributed by atoms with van der Waals surface area (Å²) in [6, 6.07) is 8.47. The van der Waals surface area contributed by atoms with Gasteiger partial charge >= 0.3 is 0 Å². The fourth-order valence-electron chi connectivity index (χ4n) is 3.42. The van der Waals surface area contributed by atoms with Crippen LogP contribution in [0, 0.1) is 31.0 Å². The predicted octanol–water partition coefficient (Wildman–Crippen LogP) is 3.20. The number of hydrogen-bond donors (Lipinski definition) is 1. The lowest BCUT2D eigenvalue weighted by atomic mass is 10.2. The molecule has 0 radical (unpaired) electrons. The number of nitriles is 1. The van der Waals surface area contributed by atoms with E-state index in [1.807, 2.05) is 18.4 Å². The lowest BCUT2D eigenvalue weighted by molar-refractivity contribution is -0.117. The van der Waals surface area contributed by atoms with E-state index in [4.69, 9.17) is 0 Å². The third-order valence-corrected chi connectivity index (χ3v) is 5.02. The summed E-state index contributed by atoms with van der Waals surface area (Å²) in [4.78, 5) is 14.6. The van der Waals surface area contributed by atoms with Crippen LogP contribution in [0.4, 0.5) is 10.2 Å². The van der Waals surface area contributed by atoms with Crippen molar-refractivity contribution in [1.82, 2.24) is 9.47 Å². The molecular weight excluding hydrogens is 331 g/mol. The Balaban J connectivity index is 1.87. The number of nitrogens with one attached hydrogen (secondary N) is 1. The van der Waals surface area contributed by atoms with Gasteiger partial charge in [0.15, 0.2) is 0 Å². The van der Waals surface area contributed by atoms with Gasteiger partial charge < -0.3 is 9.88 Å². The first-order valence-electron chi connectivity index (χ1n) is 8.86. The van der Waals surface area contributed by atoms with E-state index in [1.54, 1.807) is 12.1 Å². The van der Waals surface area contributed by atoms with Crippen LogP contribution in [0.5, 0.6) is 0 Å². The second kappa shape index (κ2) is 7.71. The van der Waals surface area contributed by atoms with E-state index in [-0.39, 0.29) is 11.7 Å². The van der Waals surface area contributed by atoms with E-state index < -0.39 is 0 Å². The van der Waals surface area contributed by atoms with E-state index in [9.17, 15) is 14.4 Å². The third-order valence-electron chi connectivity index (χ3n) is 5.02. The van der Waals surface area contributed by atoms with Crippen LogP contribution < -0.4 is 5.32 Å². The molecule has 1 aliphatic heterocycles. The van der Waals surface area contributed by atoms with Crippen LogP contribution in [0.1, 0.15) is 35.2 Å². The SMILES string of the molecule is Cc1c(C#N)c(NC(=O)CN2CCCC2)n(Cc2ccc(F)cc2)c1C. The van der Waals surface area contributed by atoms with Crippen LogP contribution in [0.15, 0.2) is 24.3 Å². The molecule has 0 atom stereocenters. The summed E-state index contributed by atoms with van der Waals surface area (Å²) in [7, 11) is 0. The summed E-state index contributed by atoms with van der Waals surface area (Å²) in [5.41, 5.74) is 3.16. The Labute approximate surface area is 153 Å². The molecule has 1 saturated heterocycles. The average molecular weight is 354 g/mol. The summed E-state index contributed by atoms with van der Waals surface area (Å²) in [5, 5.41) is 12.5. The maximum atomic E-state index is 13.2. The smallest absolute Gasteiger partial charge is 0.239 e. The monoisotopic (exact) mass is 354 g/mol. The number of amides is 1. The van der Waals surface area contributed by atoms with E-state index in [1.165, 1.54) is 12.1 Å². The number of hydrogen-bond acceptors (Lipinski definition) is 3. The second-order valence-electron chi connectivity index (χ2n) is 6.79. The molecule has 2 aromatic rings. The summed E-state index contributed by atoms with van der Waals surface area (Å²) in [5.74, 6) is 0.128. The van der Waals surface area contributed by atoms with Crippen LogP contribution in [-0.4, -0.2) is 35.0 Å². The minimum atomic E-state index is -0.286. The maximum Gasteiger partial charge on any atom is 0.239 e. The van der Waals surface area contributed by atoms with Gasteiger partial charge in [-0.3, -0.25) is 9.69 Å². The fraction of sp³-hybridized carbons (Fsp3) is 0.400. The highest BCUT2D eigenvalue weighted by molar-refractivity contribution is 5.93. The first-order valence-corrected chi connectivity index (χ1v) is 8.86. The number of likely N-dealkylation sites (tertiary alicyclic amines) is 1. The topological polar surface area (TPSA) is 61.1 Å². The van der Waals surface area contributed by atoms with Gasteiger partial charge in [-0.2, -0.15) is 5.26 Å². The molecule has 1 amide bonds. The van der Waals surface area contributed by atoms with Crippen LogP contribution in [0.2, 0.25) is 0 Å². The quantitative estimate of drug-likeness (QED) is 0.897. The highest BCUT2D eigenvalue weighted by Crippen LogP contribution is 2.27. The van der Waals surface area contributed by atoms with Gasteiger partial charge in [-0.05, 0) is 63.0 Å². The van der Waals surface area contributed by atoms with Crippen molar-refractivity contribution in [2.24, 2.45) is 0 Å². The highest BCUT2D eigenvalue weighted by atomic mass is 19.1. The fourth-order valence-corrected chi connectivity index (χ4v) is 3.42. The molecule has 5 nitrogen and oxygen atoms in total. The number of carbonyl (C=O) groups is 1. The van der Waals surface area contributed by atoms with Gasteiger partial charge in [0.05, 0.1) is 12.1 Å². The molecule has 1 aromatic carbocycles. The van der Waals surface area contributed by atoms with Crippen molar-refractivity contribution in [2.45, 2.75) is 33.2 Å². The second-order valence-corrected chi connectivity index (χ2v) is 6.79. The molecule has 2 heterocycles. The zero-order valence-corrected chi connectivity index (χ0v) is 15.2. The number of anilines is 1. The molecule has 0 aliphatic carbocycles. The molecule has 3 rings (SSSR count). The Kier molecular flexibility index (Phi) is 5.38. The van der Waals surface area contributed by atoms with Crippen molar-refractivity contribution >= 4 is 11.7 Å². The van der Waals surface area contributed by atoms with Crippen molar-refractivity contribution in [2.75, 3.05) is 25.0 Å². The van der Waals surface area contributed by atoms with Gasteiger partial charge in [-0.15, -0.1) is 0 Å². The molecule has 1 N–H and O–H groups in total. The molecule has 6 heteroatoms. The Morgan fingerprint density at radius 1 is 1.23 bits per heavy atom. The van der Waals surface area contributed by atoms with Crippen molar-refractivity contribution < 1.29 is 9.18 Å². The largest absolute Gasteiger partial charge is 0.326 e. The number of carbonyl (C=O) groups excluding carboxylic acids is 1. The minimum absolute atomic E-state index is 0.110. The van der Waals surface area contributed by atoms with Gasteiger partial charge in [-0.25, -0.2) is 4.39 Å². The van der Waals surface area contributed by atoms with E-state index >= 15 is 0 Å². The zero-order chi connectivity index (χ0) is 18.7. The van der Waals surface area contributed by atoms with E-state index in [2.05, 4.69) is 16.3 Å². The van der Waals surface area contributed by atoms with Crippen molar-refractivity contribution in [1.29, 1.82) is 5.26 Å². The number of aromatic nitrogens is 1. The van der Waals surface area contributed by atoms with E-state index in [0.29, 0.717) is 24.5 Å². The first-order chi connectivity index (χ1) is 12.5. The molecule has 0 unspecified atom stereocenters. The van der Waals surface area contributed by atoms with Gasteiger partial charge in [0.25, 0.3) is 0 Å². The van der Waals surface area contributed by atoms with Gasteiger partial charge in [0.2, 0.25) is 5.91 Å². The van der Waals surface area contributed by atoms with Crippen molar-refractivity contribution in [3.63, 3.8) is 0 Å². The molecule has 1 fully saturated rings. The lowest BCUT2D eigenvalue weighted by Gasteiger charge is -2.16. The minimum Gasteiger partial charge on any atom is -0.326 e. The van der Waals surface area contributed by atoms with Crippen LogP contribution in [0.3, 0.4) is 0 Å². The zero-order valence-electron chi connectivity index (χ0n) is 15.2. The number of nitrogens with zero attached hydrogens (tertiary/aromatic N) is 3. The van der Waals surface area contributed by atoms with Crippen LogP contribution in [0.25, 0.3) is 0 Å². The summed E-state index contributed by atoms with van der Waals surface area (Å²) < 4.78 is 15.1. The predicted molar refractivity (Wildman–Crippen MR) is 98.4 cm³/mol. The summed E-state index contributed by atoms with van der Waals surface area (Å²) >= 11 is 0. The number of benzene rings is 1. The molecule has 0 bridgehead atoms. The Bertz CT molecular complexity index is 842. The van der Waals surface area contributed by atoms with E-state index in [0.717, 1.165) is 42.8 Å². The number of halogens is 1. The van der Waals surface area contributed by atoms with Gasteiger partial charge in [-0.1, -0.05) is 12.1 Å². The average Bonchev–Trinajstić information content (AvgIpc) is 3.19. The Morgan fingerprint density at radius 3 is 2.50 bits per heavy atom.